The molecule has 0 aliphatic heterocycles. The van der Waals surface area contributed by atoms with Crippen LogP contribution in [0.15, 0.2) is 47.4 Å². The minimum absolute atomic E-state index is 0. The molecule has 0 fully saturated rings. The van der Waals surface area contributed by atoms with E-state index < -0.39 is 9.84 Å². The highest BCUT2D eigenvalue weighted by Gasteiger charge is 2.24. The summed E-state index contributed by atoms with van der Waals surface area (Å²) in [7, 11) is -3.56. The van der Waals surface area contributed by atoms with Gasteiger partial charge >= 0.3 is 0 Å². The molecule has 1 amide bonds. The number of sulfone groups is 1. The molecule has 33 heavy (non-hydrogen) atoms. The van der Waals surface area contributed by atoms with Gasteiger partial charge < -0.3 is 4.90 Å². The number of amides is 1. The van der Waals surface area contributed by atoms with Crippen molar-refractivity contribution in [3.8, 4) is 0 Å². The van der Waals surface area contributed by atoms with Gasteiger partial charge in [0.15, 0.2) is 15.0 Å². The summed E-state index contributed by atoms with van der Waals surface area (Å²) >= 11 is 7.67. The highest BCUT2D eigenvalue weighted by Crippen LogP contribution is 2.33. The van der Waals surface area contributed by atoms with E-state index >= 15 is 0 Å². The fourth-order valence-electron chi connectivity index (χ4n) is 3.35. The number of carbonyl (C=O) groups is 1. The van der Waals surface area contributed by atoms with Crippen molar-refractivity contribution in [2.75, 3.05) is 36.8 Å². The summed E-state index contributed by atoms with van der Waals surface area (Å²) in [5.41, 5.74) is 1.64. The van der Waals surface area contributed by atoms with Gasteiger partial charge in [-0.05, 0) is 44.3 Å². The molecule has 10 heteroatoms. The van der Waals surface area contributed by atoms with Crippen LogP contribution in [0, 0.1) is 6.92 Å². The molecule has 6 nitrogen and oxygen atoms in total. The molecular formula is C23H29Cl2N3O3S2. The van der Waals surface area contributed by atoms with Crippen molar-refractivity contribution in [3.05, 3.63) is 53.1 Å². The smallest absolute Gasteiger partial charge is 0.229 e. The number of likely N-dealkylation sites (N-methyl/N-ethyl adjacent to an activating group) is 1. The molecule has 0 atom stereocenters. The van der Waals surface area contributed by atoms with Crippen molar-refractivity contribution < 1.29 is 13.2 Å². The molecule has 0 aliphatic carbocycles. The van der Waals surface area contributed by atoms with Crippen LogP contribution in [-0.4, -0.2) is 56.1 Å². The second-order valence-corrected chi connectivity index (χ2v) is 11.1. The summed E-state index contributed by atoms with van der Waals surface area (Å²) in [5, 5.41) is 1.07. The van der Waals surface area contributed by atoms with Crippen molar-refractivity contribution in [2.45, 2.75) is 32.1 Å². The van der Waals surface area contributed by atoms with Crippen LogP contribution in [0.1, 0.15) is 25.8 Å². The normalized spacial score (nSPS) is 11.5. The lowest BCUT2D eigenvalue weighted by molar-refractivity contribution is -0.118. The average molecular weight is 531 g/mol. The first kappa shape index (κ1) is 27.5. The minimum Gasteiger partial charge on any atom is -0.302 e. The summed E-state index contributed by atoms with van der Waals surface area (Å²) in [6, 6.07) is 12.2. The van der Waals surface area contributed by atoms with E-state index in [-0.39, 0.29) is 35.4 Å². The SMILES string of the molecule is CCN(CC)CCN(C(=O)CCS(=O)(=O)c1ccc(C)cc1)c1nc2c(Cl)cccc2s1.Cl. The van der Waals surface area contributed by atoms with E-state index in [1.807, 2.05) is 19.1 Å². The molecule has 3 rings (SSSR count). The highest BCUT2D eigenvalue weighted by molar-refractivity contribution is 7.91. The predicted molar refractivity (Wildman–Crippen MR) is 140 cm³/mol. The zero-order chi connectivity index (χ0) is 23.3. The maximum absolute atomic E-state index is 13.2. The van der Waals surface area contributed by atoms with Gasteiger partial charge in [0, 0.05) is 19.5 Å². The predicted octanol–water partition coefficient (Wildman–Crippen LogP) is 5.22. The Balaban J connectivity index is 0.00000385. The Hall–Kier alpha value is -1.71. The fourth-order valence-corrected chi connectivity index (χ4v) is 5.89. The average Bonchev–Trinajstić information content (AvgIpc) is 3.21. The van der Waals surface area contributed by atoms with Gasteiger partial charge in [0.2, 0.25) is 5.91 Å². The zero-order valence-corrected chi connectivity index (χ0v) is 22.2. The first-order valence-corrected chi connectivity index (χ1v) is 13.5. The van der Waals surface area contributed by atoms with E-state index in [0.29, 0.717) is 28.8 Å². The maximum Gasteiger partial charge on any atom is 0.229 e. The van der Waals surface area contributed by atoms with Gasteiger partial charge in [-0.2, -0.15) is 0 Å². The number of anilines is 1. The molecule has 0 bridgehead atoms. The van der Waals surface area contributed by atoms with Crippen molar-refractivity contribution in [1.29, 1.82) is 0 Å². The van der Waals surface area contributed by atoms with E-state index in [4.69, 9.17) is 11.6 Å². The summed E-state index contributed by atoms with van der Waals surface area (Å²) < 4.78 is 26.4. The molecule has 0 aliphatic rings. The summed E-state index contributed by atoms with van der Waals surface area (Å²) in [6.07, 6.45) is -0.113. The van der Waals surface area contributed by atoms with Crippen molar-refractivity contribution in [1.82, 2.24) is 9.88 Å². The highest BCUT2D eigenvalue weighted by atomic mass is 35.5. The van der Waals surface area contributed by atoms with Crippen LogP contribution < -0.4 is 4.90 Å². The van der Waals surface area contributed by atoms with Crippen LogP contribution in [0.2, 0.25) is 5.02 Å². The van der Waals surface area contributed by atoms with Crippen molar-refractivity contribution in [3.63, 3.8) is 0 Å². The van der Waals surface area contributed by atoms with E-state index in [9.17, 15) is 13.2 Å². The number of hydrogen-bond acceptors (Lipinski definition) is 6. The third-order valence-electron chi connectivity index (χ3n) is 5.39. The minimum atomic E-state index is -3.56. The Labute approximate surface area is 210 Å². The van der Waals surface area contributed by atoms with Crippen LogP contribution in [0.4, 0.5) is 5.13 Å². The third kappa shape index (κ3) is 6.90. The maximum atomic E-state index is 13.2. The molecule has 0 unspecified atom stereocenters. The number of thiazole rings is 1. The lowest BCUT2D eigenvalue weighted by Crippen LogP contribution is -2.39. The number of fused-ring (bicyclic) bond motifs is 1. The standard InChI is InChI=1S/C23H28ClN3O3S2.ClH/c1-4-26(5-2)14-15-27(23-25-22-19(24)7-6-8-20(22)31-23)21(28)13-16-32(29,30)18-11-9-17(3)10-12-18;/h6-12H,4-5,13-16H2,1-3H3;1H. The van der Waals surface area contributed by atoms with Gasteiger partial charge in [-0.1, -0.05) is 60.5 Å². The monoisotopic (exact) mass is 529 g/mol. The number of aryl methyl sites for hydroxylation is 1. The van der Waals surface area contributed by atoms with E-state index in [0.717, 1.165) is 23.4 Å². The van der Waals surface area contributed by atoms with Crippen LogP contribution >= 0.6 is 35.3 Å². The second kappa shape index (κ2) is 12.1. The Kier molecular flexibility index (Phi) is 10.1. The third-order valence-corrected chi connectivity index (χ3v) is 8.47. The molecule has 0 saturated heterocycles. The summed E-state index contributed by atoms with van der Waals surface area (Å²) in [4.78, 5) is 21.8. The van der Waals surface area contributed by atoms with Gasteiger partial charge in [-0.15, -0.1) is 12.4 Å². The molecule has 0 saturated carbocycles. The number of halogens is 2. The lowest BCUT2D eigenvalue weighted by atomic mass is 10.2. The Bertz CT molecular complexity index is 1180. The number of nitrogens with zero attached hydrogens (tertiary/aromatic N) is 3. The molecule has 0 N–H and O–H groups in total. The lowest BCUT2D eigenvalue weighted by Gasteiger charge is -2.24. The molecule has 1 aromatic heterocycles. The van der Waals surface area contributed by atoms with Gasteiger partial charge in [-0.25, -0.2) is 13.4 Å². The molecule has 180 valence electrons. The summed E-state index contributed by atoms with van der Waals surface area (Å²) in [6.45, 7) is 8.88. The second-order valence-electron chi connectivity index (χ2n) is 7.54. The van der Waals surface area contributed by atoms with Crippen LogP contribution in [0.5, 0.6) is 0 Å². The first-order chi connectivity index (χ1) is 15.2. The number of carbonyl (C=O) groups excluding carboxylic acids is 1. The quantitative estimate of drug-likeness (QED) is 0.360. The van der Waals surface area contributed by atoms with Crippen LogP contribution in [0.3, 0.4) is 0 Å². The van der Waals surface area contributed by atoms with E-state index in [2.05, 4.69) is 23.7 Å². The number of rotatable bonds is 10. The summed E-state index contributed by atoms with van der Waals surface area (Å²) in [5.74, 6) is -0.509. The number of para-hydroxylation sites is 1. The van der Waals surface area contributed by atoms with E-state index in [1.54, 1.807) is 35.2 Å². The van der Waals surface area contributed by atoms with E-state index in [1.165, 1.54) is 11.3 Å². The first-order valence-electron chi connectivity index (χ1n) is 10.6. The van der Waals surface area contributed by atoms with Gasteiger partial charge in [0.25, 0.3) is 0 Å². The van der Waals surface area contributed by atoms with Crippen molar-refractivity contribution >= 4 is 66.4 Å². The number of benzene rings is 2. The van der Waals surface area contributed by atoms with Gasteiger partial charge in [-0.3, -0.25) is 9.69 Å². The molecule has 3 aromatic rings. The van der Waals surface area contributed by atoms with Crippen molar-refractivity contribution in [2.24, 2.45) is 0 Å². The molecule has 0 spiro atoms. The molecular weight excluding hydrogens is 501 g/mol. The number of aromatic nitrogens is 1. The Morgan fingerprint density at radius 2 is 1.73 bits per heavy atom. The number of hydrogen-bond donors (Lipinski definition) is 0. The van der Waals surface area contributed by atoms with Crippen LogP contribution in [0.25, 0.3) is 10.2 Å². The van der Waals surface area contributed by atoms with Gasteiger partial charge in [0.1, 0.15) is 5.52 Å². The Morgan fingerprint density at radius 1 is 1.06 bits per heavy atom. The zero-order valence-electron chi connectivity index (χ0n) is 19.0. The fraction of sp³-hybridized carbons (Fsp3) is 0.391. The molecule has 2 aromatic carbocycles. The Morgan fingerprint density at radius 3 is 2.33 bits per heavy atom. The topological polar surface area (TPSA) is 70.6 Å². The largest absolute Gasteiger partial charge is 0.302 e. The molecule has 1 heterocycles. The van der Waals surface area contributed by atoms with Crippen LogP contribution in [-0.2, 0) is 14.6 Å². The van der Waals surface area contributed by atoms with Gasteiger partial charge in [0.05, 0.1) is 20.4 Å². The molecule has 0 radical (unpaired) electrons.